The van der Waals surface area contributed by atoms with Gasteiger partial charge in [0.2, 0.25) is 5.82 Å². The van der Waals surface area contributed by atoms with Crippen molar-refractivity contribution in [3.63, 3.8) is 0 Å². The summed E-state index contributed by atoms with van der Waals surface area (Å²) in [6.07, 6.45) is 0. The van der Waals surface area contributed by atoms with Gasteiger partial charge in [0.1, 0.15) is 11.6 Å². The number of carboxylic acid groups (broad SMARTS) is 1. The topological polar surface area (TPSA) is 85.5 Å². The SMILES string of the molecule is COCc1cc(-c2nc(-c3ccc(-c4cc(F)c(C(=O)O)cc4F)cc3)no2)ccc1-c1ccccc1C. The molecule has 0 amide bonds. The zero-order chi connectivity index (χ0) is 26.8. The predicted molar refractivity (Wildman–Crippen MR) is 138 cm³/mol. The Labute approximate surface area is 217 Å². The molecule has 0 radical (unpaired) electrons. The number of nitrogens with zero attached hydrogens (tertiary/aromatic N) is 2. The minimum Gasteiger partial charge on any atom is -0.478 e. The van der Waals surface area contributed by atoms with E-state index < -0.39 is 23.2 Å². The molecule has 1 N–H and O–H groups in total. The third-order valence-electron chi connectivity index (χ3n) is 6.25. The van der Waals surface area contributed by atoms with Crippen molar-refractivity contribution in [2.75, 3.05) is 7.11 Å². The maximum Gasteiger partial charge on any atom is 0.338 e. The van der Waals surface area contributed by atoms with E-state index in [0.29, 0.717) is 35.5 Å². The van der Waals surface area contributed by atoms with Crippen LogP contribution in [0.25, 0.3) is 45.1 Å². The molecule has 0 saturated carbocycles. The molecule has 0 bridgehead atoms. The first kappa shape index (κ1) is 25.0. The molecule has 6 nitrogen and oxygen atoms in total. The van der Waals surface area contributed by atoms with E-state index in [2.05, 4.69) is 29.2 Å². The summed E-state index contributed by atoms with van der Waals surface area (Å²) in [5.74, 6) is -2.72. The van der Waals surface area contributed by atoms with Crippen LogP contribution in [0.3, 0.4) is 0 Å². The Kier molecular flexibility index (Phi) is 6.81. The molecule has 0 saturated heterocycles. The van der Waals surface area contributed by atoms with Gasteiger partial charge in [-0.05, 0) is 59.0 Å². The van der Waals surface area contributed by atoms with Crippen LogP contribution in [0.5, 0.6) is 0 Å². The summed E-state index contributed by atoms with van der Waals surface area (Å²) in [4.78, 5) is 15.6. The highest BCUT2D eigenvalue weighted by Gasteiger charge is 2.18. The van der Waals surface area contributed by atoms with Crippen molar-refractivity contribution >= 4 is 5.97 Å². The third kappa shape index (κ3) is 4.81. The van der Waals surface area contributed by atoms with Crippen molar-refractivity contribution in [2.45, 2.75) is 13.5 Å². The summed E-state index contributed by atoms with van der Waals surface area (Å²) in [6, 6.07) is 22.0. The molecule has 0 atom stereocenters. The van der Waals surface area contributed by atoms with Gasteiger partial charge >= 0.3 is 5.97 Å². The van der Waals surface area contributed by atoms with Crippen molar-refractivity contribution in [3.05, 3.63) is 107 Å². The molecule has 5 rings (SSSR count). The Balaban J connectivity index is 1.43. The number of halogens is 2. The number of aromatic carboxylic acids is 1. The molecule has 0 spiro atoms. The van der Waals surface area contributed by atoms with Gasteiger partial charge in [-0.15, -0.1) is 0 Å². The largest absolute Gasteiger partial charge is 0.478 e. The van der Waals surface area contributed by atoms with E-state index >= 15 is 0 Å². The fourth-order valence-electron chi connectivity index (χ4n) is 4.33. The van der Waals surface area contributed by atoms with Gasteiger partial charge in [0.05, 0.1) is 12.2 Å². The van der Waals surface area contributed by atoms with Crippen molar-refractivity contribution in [3.8, 4) is 45.1 Å². The van der Waals surface area contributed by atoms with Crippen LogP contribution in [0, 0.1) is 18.6 Å². The Morgan fingerprint density at radius 2 is 1.58 bits per heavy atom. The summed E-state index contributed by atoms with van der Waals surface area (Å²) in [6.45, 7) is 2.47. The van der Waals surface area contributed by atoms with Crippen LogP contribution in [0.15, 0.2) is 83.4 Å². The Morgan fingerprint density at radius 1 is 0.868 bits per heavy atom. The molecule has 0 unspecified atom stereocenters. The maximum absolute atomic E-state index is 14.5. The highest BCUT2D eigenvalue weighted by atomic mass is 19.1. The van der Waals surface area contributed by atoms with Crippen molar-refractivity contribution in [1.82, 2.24) is 10.1 Å². The second-order valence-electron chi connectivity index (χ2n) is 8.74. The highest BCUT2D eigenvalue weighted by Crippen LogP contribution is 2.32. The van der Waals surface area contributed by atoms with E-state index in [0.717, 1.165) is 33.9 Å². The number of carboxylic acids is 1. The lowest BCUT2D eigenvalue weighted by atomic mass is 9.94. The first-order chi connectivity index (χ1) is 18.4. The zero-order valence-corrected chi connectivity index (χ0v) is 20.5. The monoisotopic (exact) mass is 512 g/mol. The van der Waals surface area contributed by atoms with Gasteiger partial charge in [0.15, 0.2) is 0 Å². The van der Waals surface area contributed by atoms with Crippen LogP contribution in [0.2, 0.25) is 0 Å². The standard InChI is InChI=1S/C30H22F2N2O4/c1-17-5-3-4-6-22(17)23-12-11-20(13-21(23)16-37-2)29-33-28(34-38-29)19-9-7-18(8-10-19)24-14-27(32)25(30(35)36)15-26(24)31/h3-15H,16H2,1-2H3,(H,35,36). The van der Waals surface area contributed by atoms with E-state index in [1.54, 1.807) is 31.4 Å². The lowest BCUT2D eigenvalue weighted by molar-refractivity contribution is 0.0691. The van der Waals surface area contributed by atoms with Crippen LogP contribution in [0.1, 0.15) is 21.5 Å². The number of aryl methyl sites for hydroxylation is 1. The van der Waals surface area contributed by atoms with Crippen LogP contribution in [-0.2, 0) is 11.3 Å². The van der Waals surface area contributed by atoms with E-state index in [4.69, 9.17) is 14.4 Å². The molecule has 8 heteroatoms. The molecule has 0 aliphatic rings. The number of hydrogen-bond acceptors (Lipinski definition) is 5. The number of methoxy groups -OCH3 is 1. The summed E-state index contributed by atoms with van der Waals surface area (Å²) in [7, 11) is 1.64. The predicted octanol–water partition coefficient (Wildman–Crippen LogP) is 7.17. The molecule has 1 aromatic heterocycles. The first-order valence-electron chi connectivity index (χ1n) is 11.7. The fourth-order valence-corrected chi connectivity index (χ4v) is 4.33. The summed E-state index contributed by atoms with van der Waals surface area (Å²) in [5.41, 5.74) is 5.27. The molecule has 5 aromatic rings. The lowest BCUT2D eigenvalue weighted by Gasteiger charge is -2.12. The lowest BCUT2D eigenvalue weighted by Crippen LogP contribution is -2.02. The second-order valence-corrected chi connectivity index (χ2v) is 8.74. The number of ether oxygens (including phenoxy) is 1. The number of benzene rings is 4. The van der Waals surface area contributed by atoms with Gasteiger partial charge < -0.3 is 14.4 Å². The van der Waals surface area contributed by atoms with Gasteiger partial charge in [-0.3, -0.25) is 0 Å². The third-order valence-corrected chi connectivity index (χ3v) is 6.25. The summed E-state index contributed by atoms with van der Waals surface area (Å²) < 4.78 is 39.5. The van der Waals surface area contributed by atoms with Crippen molar-refractivity contribution in [1.29, 1.82) is 0 Å². The zero-order valence-electron chi connectivity index (χ0n) is 20.5. The molecule has 0 aliphatic carbocycles. The van der Waals surface area contributed by atoms with E-state index in [1.165, 1.54) is 0 Å². The number of hydrogen-bond donors (Lipinski definition) is 1. The highest BCUT2D eigenvalue weighted by molar-refractivity contribution is 5.89. The summed E-state index contributed by atoms with van der Waals surface area (Å²) in [5, 5.41) is 13.1. The quantitative estimate of drug-likeness (QED) is 0.249. The molecule has 190 valence electrons. The molecule has 4 aromatic carbocycles. The Hall–Kier alpha value is -4.69. The maximum atomic E-state index is 14.5. The molecule has 0 aliphatic heterocycles. The first-order valence-corrected chi connectivity index (χ1v) is 11.7. The number of aromatic nitrogens is 2. The van der Waals surface area contributed by atoms with Crippen molar-refractivity contribution in [2.24, 2.45) is 0 Å². The molecular formula is C30H22F2N2O4. The normalized spacial score (nSPS) is 11.1. The van der Waals surface area contributed by atoms with Gasteiger partial charge in [0, 0.05) is 23.8 Å². The molecular weight excluding hydrogens is 490 g/mol. The van der Waals surface area contributed by atoms with Crippen LogP contribution in [0.4, 0.5) is 8.78 Å². The number of carbonyl (C=O) groups is 1. The average molecular weight is 513 g/mol. The number of rotatable bonds is 7. The van der Waals surface area contributed by atoms with Gasteiger partial charge in [-0.2, -0.15) is 4.98 Å². The Morgan fingerprint density at radius 3 is 2.29 bits per heavy atom. The smallest absolute Gasteiger partial charge is 0.338 e. The van der Waals surface area contributed by atoms with E-state index in [1.807, 2.05) is 30.3 Å². The van der Waals surface area contributed by atoms with E-state index in [-0.39, 0.29) is 5.56 Å². The van der Waals surface area contributed by atoms with Gasteiger partial charge in [-0.25, -0.2) is 13.6 Å². The average Bonchev–Trinajstić information content (AvgIpc) is 3.41. The minimum absolute atomic E-state index is 0.0488. The van der Waals surface area contributed by atoms with Crippen LogP contribution >= 0.6 is 0 Å². The minimum atomic E-state index is -1.53. The molecule has 38 heavy (non-hydrogen) atoms. The van der Waals surface area contributed by atoms with Crippen LogP contribution < -0.4 is 0 Å². The summed E-state index contributed by atoms with van der Waals surface area (Å²) >= 11 is 0. The van der Waals surface area contributed by atoms with Gasteiger partial charge in [-0.1, -0.05) is 59.8 Å². The fraction of sp³-hybridized carbons (Fsp3) is 0.100. The van der Waals surface area contributed by atoms with Gasteiger partial charge in [0.25, 0.3) is 5.89 Å². The second kappa shape index (κ2) is 10.4. The van der Waals surface area contributed by atoms with E-state index in [9.17, 15) is 13.6 Å². The molecule has 0 fully saturated rings. The molecule has 1 heterocycles. The van der Waals surface area contributed by atoms with Crippen molar-refractivity contribution < 1.29 is 27.9 Å². The van der Waals surface area contributed by atoms with Crippen LogP contribution in [-0.4, -0.2) is 28.3 Å². The Bertz CT molecular complexity index is 1650.